The molecule has 0 fully saturated rings. The quantitative estimate of drug-likeness (QED) is 0.690. The zero-order chi connectivity index (χ0) is 9.68. The van der Waals surface area contributed by atoms with Crippen LogP contribution in [0.2, 0.25) is 0 Å². The zero-order valence-electron chi connectivity index (χ0n) is 8.53. The largest absolute Gasteiger partial charge is 0.378 e. The van der Waals surface area contributed by atoms with E-state index in [1.807, 2.05) is 31.6 Å². The fraction of sp³-hybridized carbons (Fsp3) is 0.778. The molecule has 0 atom stereocenters. The summed E-state index contributed by atoms with van der Waals surface area (Å²) in [7, 11) is 0. The molecule has 4 heteroatoms. The van der Waals surface area contributed by atoms with Gasteiger partial charge in [-0.15, -0.1) is 5.10 Å². The molecule has 13 heavy (non-hydrogen) atoms. The van der Waals surface area contributed by atoms with Crippen molar-refractivity contribution in [3.8, 4) is 0 Å². The first-order chi connectivity index (χ1) is 6.22. The van der Waals surface area contributed by atoms with Crippen LogP contribution in [0.25, 0.3) is 0 Å². The van der Waals surface area contributed by atoms with E-state index in [4.69, 9.17) is 4.74 Å². The predicted octanol–water partition coefficient (Wildman–Crippen LogP) is 1.27. The number of nitrogens with zero attached hydrogens (tertiary/aromatic N) is 3. The highest BCUT2D eigenvalue weighted by atomic mass is 16.5. The van der Waals surface area contributed by atoms with Gasteiger partial charge in [0.15, 0.2) is 0 Å². The fourth-order valence-corrected chi connectivity index (χ4v) is 1.01. The molecule has 0 saturated heterocycles. The molecule has 0 aliphatic heterocycles. The van der Waals surface area contributed by atoms with Crippen LogP contribution >= 0.6 is 0 Å². The Kier molecular flexibility index (Phi) is 3.89. The van der Waals surface area contributed by atoms with Gasteiger partial charge in [-0.05, 0) is 20.8 Å². The molecule has 0 aromatic carbocycles. The minimum absolute atomic E-state index is 0.293. The van der Waals surface area contributed by atoms with E-state index in [2.05, 4.69) is 10.3 Å². The van der Waals surface area contributed by atoms with E-state index in [1.165, 1.54) is 0 Å². The van der Waals surface area contributed by atoms with E-state index in [0.29, 0.717) is 6.10 Å². The third kappa shape index (κ3) is 3.55. The van der Waals surface area contributed by atoms with Gasteiger partial charge in [0, 0.05) is 19.2 Å². The third-order valence-electron chi connectivity index (χ3n) is 1.72. The summed E-state index contributed by atoms with van der Waals surface area (Å²) in [5.74, 6) is 0. The van der Waals surface area contributed by atoms with E-state index in [1.54, 1.807) is 0 Å². The molecular weight excluding hydrogens is 166 g/mol. The third-order valence-corrected chi connectivity index (χ3v) is 1.72. The molecule has 0 saturated carbocycles. The highest BCUT2D eigenvalue weighted by Gasteiger charge is 2.00. The SMILES string of the molecule is CCn1cc(CCOC(C)C)nn1. The average molecular weight is 183 g/mol. The normalized spacial score (nSPS) is 11.1. The van der Waals surface area contributed by atoms with E-state index >= 15 is 0 Å². The molecule has 0 amide bonds. The van der Waals surface area contributed by atoms with Crippen LogP contribution in [0.1, 0.15) is 26.5 Å². The summed E-state index contributed by atoms with van der Waals surface area (Å²) in [5, 5.41) is 7.96. The number of hydrogen-bond donors (Lipinski definition) is 0. The lowest BCUT2D eigenvalue weighted by Crippen LogP contribution is -2.06. The van der Waals surface area contributed by atoms with Gasteiger partial charge in [-0.25, -0.2) is 0 Å². The van der Waals surface area contributed by atoms with Crippen LogP contribution in [0, 0.1) is 0 Å². The van der Waals surface area contributed by atoms with Gasteiger partial charge in [0.2, 0.25) is 0 Å². The van der Waals surface area contributed by atoms with E-state index in [-0.39, 0.29) is 0 Å². The van der Waals surface area contributed by atoms with Gasteiger partial charge < -0.3 is 4.74 Å². The Balaban J connectivity index is 2.28. The average Bonchev–Trinajstić information content (AvgIpc) is 2.52. The first-order valence-corrected chi connectivity index (χ1v) is 4.73. The molecule has 0 bridgehead atoms. The standard InChI is InChI=1S/C9H17N3O/c1-4-12-7-9(10-11-12)5-6-13-8(2)3/h7-8H,4-6H2,1-3H3. The lowest BCUT2D eigenvalue weighted by molar-refractivity contribution is 0.0809. The van der Waals surface area contributed by atoms with Gasteiger partial charge in [0.05, 0.1) is 18.4 Å². The summed E-state index contributed by atoms with van der Waals surface area (Å²) in [6.45, 7) is 7.70. The van der Waals surface area contributed by atoms with E-state index < -0.39 is 0 Å². The molecule has 0 radical (unpaired) electrons. The Bertz CT molecular complexity index is 245. The van der Waals surface area contributed by atoms with E-state index in [0.717, 1.165) is 25.3 Å². The number of ether oxygens (including phenoxy) is 1. The fourth-order valence-electron chi connectivity index (χ4n) is 1.01. The van der Waals surface area contributed by atoms with Crippen molar-refractivity contribution < 1.29 is 4.74 Å². The summed E-state index contributed by atoms with van der Waals surface area (Å²) in [5.41, 5.74) is 1.00. The summed E-state index contributed by atoms with van der Waals surface area (Å²) < 4.78 is 7.24. The van der Waals surface area contributed by atoms with Gasteiger partial charge >= 0.3 is 0 Å². The minimum atomic E-state index is 0.293. The molecule has 1 aromatic rings. The summed E-state index contributed by atoms with van der Waals surface area (Å²) in [4.78, 5) is 0. The lowest BCUT2D eigenvalue weighted by atomic mass is 10.3. The molecule has 0 aliphatic carbocycles. The Morgan fingerprint density at radius 1 is 1.54 bits per heavy atom. The van der Waals surface area contributed by atoms with Crippen LogP contribution in [0.3, 0.4) is 0 Å². The van der Waals surface area contributed by atoms with Crippen LogP contribution in [0.15, 0.2) is 6.20 Å². The number of aromatic nitrogens is 3. The van der Waals surface area contributed by atoms with Crippen molar-refractivity contribution in [3.05, 3.63) is 11.9 Å². The second kappa shape index (κ2) is 4.97. The summed E-state index contributed by atoms with van der Waals surface area (Å²) in [6, 6.07) is 0. The minimum Gasteiger partial charge on any atom is -0.378 e. The van der Waals surface area contributed by atoms with Crippen molar-refractivity contribution in [3.63, 3.8) is 0 Å². The van der Waals surface area contributed by atoms with Crippen molar-refractivity contribution in [2.45, 2.75) is 39.8 Å². The van der Waals surface area contributed by atoms with Crippen molar-refractivity contribution in [1.29, 1.82) is 0 Å². The first-order valence-electron chi connectivity index (χ1n) is 4.73. The Morgan fingerprint density at radius 3 is 2.85 bits per heavy atom. The number of aryl methyl sites for hydroxylation is 1. The van der Waals surface area contributed by atoms with E-state index in [9.17, 15) is 0 Å². The molecule has 0 spiro atoms. The zero-order valence-corrected chi connectivity index (χ0v) is 8.53. The molecule has 4 nitrogen and oxygen atoms in total. The van der Waals surface area contributed by atoms with Crippen LogP contribution in [0.4, 0.5) is 0 Å². The molecule has 1 heterocycles. The summed E-state index contributed by atoms with van der Waals surface area (Å²) in [6.07, 6.45) is 3.10. The highest BCUT2D eigenvalue weighted by molar-refractivity contribution is 4.91. The molecule has 74 valence electrons. The Labute approximate surface area is 78.9 Å². The maximum Gasteiger partial charge on any atom is 0.0850 e. The molecule has 1 rings (SSSR count). The van der Waals surface area contributed by atoms with Gasteiger partial charge in [0.1, 0.15) is 0 Å². The number of hydrogen-bond acceptors (Lipinski definition) is 3. The van der Waals surface area contributed by atoms with Gasteiger partial charge in [-0.1, -0.05) is 5.21 Å². The Hall–Kier alpha value is -0.900. The monoisotopic (exact) mass is 183 g/mol. The molecule has 0 unspecified atom stereocenters. The summed E-state index contributed by atoms with van der Waals surface area (Å²) >= 11 is 0. The van der Waals surface area contributed by atoms with Crippen molar-refractivity contribution >= 4 is 0 Å². The first kappa shape index (κ1) is 10.2. The smallest absolute Gasteiger partial charge is 0.0850 e. The predicted molar refractivity (Wildman–Crippen MR) is 50.5 cm³/mol. The van der Waals surface area contributed by atoms with Crippen molar-refractivity contribution in [2.24, 2.45) is 0 Å². The maximum atomic E-state index is 5.41. The maximum absolute atomic E-state index is 5.41. The second-order valence-electron chi connectivity index (χ2n) is 3.24. The van der Waals surface area contributed by atoms with Crippen molar-refractivity contribution in [2.75, 3.05) is 6.61 Å². The van der Waals surface area contributed by atoms with Gasteiger partial charge in [-0.2, -0.15) is 0 Å². The molecule has 0 N–H and O–H groups in total. The van der Waals surface area contributed by atoms with Gasteiger partial charge in [0.25, 0.3) is 0 Å². The molecule has 1 aromatic heterocycles. The highest BCUT2D eigenvalue weighted by Crippen LogP contribution is 1.96. The molecule has 0 aliphatic rings. The van der Waals surface area contributed by atoms with Crippen molar-refractivity contribution in [1.82, 2.24) is 15.0 Å². The molecular formula is C9H17N3O. The van der Waals surface area contributed by atoms with Crippen LogP contribution < -0.4 is 0 Å². The topological polar surface area (TPSA) is 39.9 Å². The van der Waals surface area contributed by atoms with Gasteiger partial charge in [-0.3, -0.25) is 4.68 Å². The number of rotatable bonds is 5. The van der Waals surface area contributed by atoms with Crippen LogP contribution in [0.5, 0.6) is 0 Å². The Morgan fingerprint density at radius 2 is 2.31 bits per heavy atom. The van der Waals surface area contributed by atoms with Crippen LogP contribution in [-0.2, 0) is 17.7 Å². The second-order valence-corrected chi connectivity index (χ2v) is 3.24. The lowest BCUT2D eigenvalue weighted by Gasteiger charge is -2.04. The van der Waals surface area contributed by atoms with Crippen LogP contribution in [-0.4, -0.2) is 27.7 Å².